The first-order chi connectivity index (χ1) is 5.55. The van der Waals surface area contributed by atoms with E-state index in [9.17, 15) is 8.42 Å². The Morgan fingerprint density at radius 3 is 2.75 bits per heavy atom. The summed E-state index contributed by atoms with van der Waals surface area (Å²) in [6, 6.07) is 0. The average Bonchev–Trinajstić information content (AvgIpc) is 2.36. The van der Waals surface area contributed by atoms with Gasteiger partial charge < -0.3 is 5.73 Å². The summed E-state index contributed by atoms with van der Waals surface area (Å²) in [5.74, 6) is 0.147. The summed E-state index contributed by atoms with van der Waals surface area (Å²) in [4.78, 5) is 0. The molecule has 0 aliphatic carbocycles. The molecule has 0 bridgehead atoms. The minimum absolute atomic E-state index is 0.00579. The summed E-state index contributed by atoms with van der Waals surface area (Å²) < 4.78 is 26.1. The summed E-state index contributed by atoms with van der Waals surface area (Å²) in [7, 11) is -2.98. The van der Waals surface area contributed by atoms with Gasteiger partial charge in [-0.3, -0.25) is 0 Å². The van der Waals surface area contributed by atoms with E-state index in [0.29, 0.717) is 10.6 Å². The van der Waals surface area contributed by atoms with Gasteiger partial charge in [-0.05, 0) is 11.5 Å². The maximum atomic E-state index is 11.1. The molecule has 0 unspecified atom stereocenters. The van der Waals surface area contributed by atoms with Gasteiger partial charge in [-0.25, -0.2) is 8.42 Å². The van der Waals surface area contributed by atoms with E-state index in [1.165, 1.54) is 6.20 Å². The van der Waals surface area contributed by atoms with Crippen molar-refractivity contribution in [3.8, 4) is 0 Å². The second kappa shape index (κ2) is 3.40. The summed E-state index contributed by atoms with van der Waals surface area (Å²) in [6.07, 6.45) is 1.51. The summed E-state index contributed by atoms with van der Waals surface area (Å²) in [6.45, 7) is 1.62. The monoisotopic (exact) mass is 206 g/mol. The molecule has 2 N–H and O–H groups in total. The van der Waals surface area contributed by atoms with Gasteiger partial charge in [-0.15, -0.1) is 0 Å². The Bertz CT molecular complexity index is 355. The highest BCUT2D eigenvalue weighted by Crippen LogP contribution is 2.18. The number of aromatic nitrogens is 1. The van der Waals surface area contributed by atoms with Gasteiger partial charge in [-0.2, -0.15) is 4.37 Å². The molecular weight excluding hydrogens is 196 g/mol. The van der Waals surface area contributed by atoms with Crippen molar-refractivity contribution >= 4 is 26.4 Å². The fourth-order valence-corrected chi connectivity index (χ4v) is 2.25. The van der Waals surface area contributed by atoms with Crippen LogP contribution in [-0.4, -0.2) is 18.5 Å². The standard InChI is InChI=1S/C6H10N2O2S2/c1-2-12(9,10)4-5-3-8-11-6(5)7/h3H,2,4,7H2,1H3. The molecule has 0 aliphatic heterocycles. The molecule has 68 valence electrons. The Balaban J connectivity index is 2.84. The maximum absolute atomic E-state index is 11.1. The number of nitrogens with zero attached hydrogens (tertiary/aromatic N) is 1. The third-order valence-corrected chi connectivity index (χ3v) is 3.79. The van der Waals surface area contributed by atoms with Crippen LogP contribution in [0, 0.1) is 0 Å². The SMILES string of the molecule is CCS(=O)(=O)Cc1cnsc1N. The number of hydrogen-bond acceptors (Lipinski definition) is 5. The molecule has 0 spiro atoms. The van der Waals surface area contributed by atoms with Crippen molar-refractivity contribution in [3.05, 3.63) is 11.8 Å². The minimum atomic E-state index is -2.98. The summed E-state index contributed by atoms with van der Waals surface area (Å²) >= 11 is 1.12. The Hall–Kier alpha value is -0.620. The molecule has 1 aromatic rings. The molecule has 0 aromatic carbocycles. The van der Waals surface area contributed by atoms with E-state index in [1.54, 1.807) is 6.92 Å². The van der Waals surface area contributed by atoms with E-state index >= 15 is 0 Å². The van der Waals surface area contributed by atoms with E-state index in [0.717, 1.165) is 11.5 Å². The van der Waals surface area contributed by atoms with Crippen LogP contribution in [0.1, 0.15) is 12.5 Å². The Morgan fingerprint density at radius 2 is 2.33 bits per heavy atom. The molecule has 1 heterocycles. The van der Waals surface area contributed by atoms with Gasteiger partial charge in [0.15, 0.2) is 9.84 Å². The molecule has 0 amide bonds. The number of nitrogen functional groups attached to an aromatic ring is 1. The fraction of sp³-hybridized carbons (Fsp3) is 0.500. The fourth-order valence-electron chi connectivity index (χ4n) is 0.716. The van der Waals surface area contributed by atoms with Gasteiger partial charge in [0.2, 0.25) is 0 Å². The van der Waals surface area contributed by atoms with E-state index in [-0.39, 0.29) is 11.5 Å². The van der Waals surface area contributed by atoms with Crippen molar-refractivity contribution < 1.29 is 8.42 Å². The highest BCUT2D eigenvalue weighted by Gasteiger charge is 2.12. The quantitative estimate of drug-likeness (QED) is 0.788. The van der Waals surface area contributed by atoms with Crippen molar-refractivity contribution in [3.63, 3.8) is 0 Å². The average molecular weight is 206 g/mol. The summed E-state index contributed by atoms with van der Waals surface area (Å²) in [5, 5.41) is 0.493. The molecule has 0 atom stereocenters. The number of rotatable bonds is 3. The van der Waals surface area contributed by atoms with Crippen molar-refractivity contribution in [2.75, 3.05) is 11.5 Å². The molecule has 1 aromatic heterocycles. The molecule has 6 heteroatoms. The van der Waals surface area contributed by atoms with E-state index < -0.39 is 9.84 Å². The van der Waals surface area contributed by atoms with Gasteiger partial charge in [0.1, 0.15) is 5.00 Å². The van der Waals surface area contributed by atoms with Crippen LogP contribution in [0.25, 0.3) is 0 Å². The zero-order valence-electron chi connectivity index (χ0n) is 6.65. The molecule has 0 aliphatic rings. The second-order valence-corrected chi connectivity index (χ2v) is 5.58. The normalized spacial score (nSPS) is 11.8. The lowest BCUT2D eigenvalue weighted by molar-refractivity contribution is 0.596. The molecule has 12 heavy (non-hydrogen) atoms. The van der Waals surface area contributed by atoms with Gasteiger partial charge >= 0.3 is 0 Å². The molecule has 0 saturated carbocycles. The first-order valence-corrected chi connectivity index (χ1v) is 6.04. The Kier molecular flexibility index (Phi) is 2.69. The highest BCUT2D eigenvalue weighted by molar-refractivity contribution is 7.90. The van der Waals surface area contributed by atoms with Crippen LogP contribution >= 0.6 is 11.5 Å². The van der Waals surface area contributed by atoms with Crippen LogP contribution in [0.4, 0.5) is 5.00 Å². The second-order valence-electron chi connectivity index (χ2n) is 2.39. The van der Waals surface area contributed by atoms with E-state index in [2.05, 4.69) is 4.37 Å². The van der Waals surface area contributed by atoms with Crippen LogP contribution in [0.3, 0.4) is 0 Å². The predicted octanol–water partition coefficient (Wildman–Crippen LogP) is 0.660. The van der Waals surface area contributed by atoms with Crippen LogP contribution in [-0.2, 0) is 15.6 Å². The smallest absolute Gasteiger partial charge is 0.154 e. The maximum Gasteiger partial charge on any atom is 0.154 e. The zero-order chi connectivity index (χ0) is 9.19. The molecule has 4 nitrogen and oxygen atoms in total. The minimum Gasteiger partial charge on any atom is -0.389 e. The molecule has 0 saturated heterocycles. The van der Waals surface area contributed by atoms with Crippen LogP contribution < -0.4 is 5.73 Å². The number of nitrogens with two attached hydrogens (primary N) is 1. The van der Waals surface area contributed by atoms with Crippen molar-refractivity contribution in [1.29, 1.82) is 0 Å². The third kappa shape index (κ3) is 2.18. The lowest BCUT2D eigenvalue weighted by Crippen LogP contribution is -2.06. The number of sulfone groups is 1. The zero-order valence-corrected chi connectivity index (χ0v) is 8.28. The molecule has 0 radical (unpaired) electrons. The van der Waals surface area contributed by atoms with Gasteiger partial charge in [0.05, 0.1) is 5.75 Å². The molecular formula is C6H10N2O2S2. The third-order valence-electron chi connectivity index (χ3n) is 1.49. The van der Waals surface area contributed by atoms with E-state index in [1.807, 2.05) is 0 Å². The number of anilines is 1. The lowest BCUT2D eigenvalue weighted by atomic mass is 10.4. The molecule has 1 rings (SSSR count). The van der Waals surface area contributed by atoms with Crippen LogP contribution in [0.5, 0.6) is 0 Å². The molecule has 0 fully saturated rings. The van der Waals surface area contributed by atoms with Gasteiger partial charge in [0, 0.05) is 17.5 Å². The Morgan fingerprint density at radius 1 is 1.67 bits per heavy atom. The van der Waals surface area contributed by atoms with Crippen molar-refractivity contribution in [1.82, 2.24) is 4.37 Å². The first kappa shape index (κ1) is 9.47. The first-order valence-electron chi connectivity index (χ1n) is 3.44. The largest absolute Gasteiger partial charge is 0.389 e. The summed E-state index contributed by atoms with van der Waals surface area (Å²) in [5.41, 5.74) is 6.11. The Labute approximate surface area is 75.5 Å². The lowest BCUT2D eigenvalue weighted by Gasteiger charge is -1.98. The van der Waals surface area contributed by atoms with Gasteiger partial charge in [-0.1, -0.05) is 6.92 Å². The number of hydrogen-bond donors (Lipinski definition) is 1. The van der Waals surface area contributed by atoms with Crippen molar-refractivity contribution in [2.45, 2.75) is 12.7 Å². The van der Waals surface area contributed by atoms with Gasteiger partial charge in [0.25, 0.3) is 0 Å². The van der Waals surface area contributed by atoms with Crippen LogP contribution in [0.15, 0.2) is 6.20 Å². The van der Waals surface area contributed by atoms with Crippen molar-refractivity contribution in [2.24, 2.45) is 0 Å². The highest BCUT2D eigenvalue weighted by atomic mass is 32.2. The predicted molar refractivity (Wildman–Crippen MR) is 49.7 cm³/mol. The van der Waals surface area contributed by atoms with E-state index in [4.69, 9.17) is 5.73 Å². The topological polar surface area (TPSA) is 73.0 Å². The van der Waals surface area contributed by atoms with Crippen LogP contribution in [0.2, 0.25) is 0 Å².